The number of rotatable bonds is 9. The number of fused-ring (bicyclic) bond motifs is 1. The topological polar surface area (TPSA) is 75.4 Å². The van der Waals surface area contributed by atoms with Gasteiger partial charge in [0.05, 0.1) is 5.56 Å². The Morgan fingerprint density at radius 2 is 1.96 bits per heavy atom. The number of carbonyl (C=O) groups excluding carboxylic acids is 2. The normalized spacial score (nSPS) is 11.1. The highest BCUT2D eigenvalue weighted by Crippen LogP contribution is 2.30. The van der Waals surface area contributed by atoms with Crippen molar-refractivity contribution in [3.8, 4) is 11.5 Å². The molecule has 1 aromatic heterocycles. The number of benzene rings is 2. The van der Waals surface area contributed by atoms with E-state index in [4.69, 9.17) is 16.0 Å². The smallest absolute Gasteiger partial charge is 0.229 e. The van der Waals surface area contributed by atoms with Gasteiger partial charge < -0.3 is 14.6 Å². The lowest BCUT2D eigenvalue weighted by atomic mass is 10.1. The molecule has 1 N–H and O–H groups in total. The van der Waals surface area contributed by atoms with Crippen molar-refractivity contribution in [2.75, 3.05) is 32.5 Å². The average molecular weight is 400 g/mol. The molecule has 6 nitrogen and oxygen atoms in total. The molecule has 3 aromatic rings. The lowest BCUT2D eigenvalue weighted by Crippen LogP contribution is -2.14. The Hall–Kier alpha value is -2.70. The van der Waals surface area contributed by atoms with Crippen molar-refractivity contribution in [3.05, 3.63) is 47.0 Å². The first kappa shape index (κ1) is 20.0. The third kappa shape index (κ3) is 4.77. The molecule has 0 fully saturated rings. The first-order chi connectivity index (χ1) is 13.5. The highest BCUT2D eigenvalue weighted by molar-refractivity contribution is 6.36. The largest absolute Gasteiger partial charge is 0.435 e. The van der Waals surface area contributed by atoms with Crippen LogP contribution in [0.15, 0.2) is 40.8 Å². The van der Waals surface area contributed by atoms with E-state index in [1.54, 1.807) is 30.3 Å². The number of ketones is 1. The number of nitrogens with zero attached hydrogens (tertiary/aromatic N) is 2. The maximum atomic E-state index is 12.1. The summed E-state index contributed by atoms with van der Waals surface area (Å²) in [6.07, 6.45) is 2.34. The van der Waals surface area contributed by atoms with Crippen LogP contribution in [-0.2, 0) is 4.79 Å². The second-order valence-corrected chi connectivity index (χ2v) is 7.25. The van der Waals surface area contributed by atoms with Gasteiger partial charge in [-0.3, -0.25) is 9.59 Å². The van der Waals surface area contributed by atoms with E-state index < -0.39 is 5.78 Å². The summed E-state index contributed by atoms with van der Waals surface area (Å²) in [4.78, 5) is 29.8. The van der Waals surface area contributed by atoms with Gasteiger partial charge >= 0.3 is 0 Å². The highest BCUT2D eigenvalue weighted by Gasteiger charge is 2.18. The third-order valence-electron chi connectivity index (χ3n) is 4.31. The first-order valence-electron chi connectivity index (χ1n) is 9.06. The molecule has 0 saturated carbocycles. The molecule has 7 heteroatoms. The van der Waals surface area contributed by atoms with Crippen molar-refractivity contribution in [2.45, 2.75) is 12.8 Å². The van der Waals surface area contributed by atoms with Gasteiger partial charge in [0.15, 0.2) is 11.9 Å². The predicted octanol–water partition coefficient (Wildman–Crippen LogP) is 4.28. The molecular formula is C21H22ClN3O3. The van der Waals surface area contributed by atoms with Crippen molar-refractivity contribution < 1.29 is 14.0 Å². The number of nitrogens with one attached hydrogen (secondary N) is 1. The van der Waals surface area contributed by atoms with E-state index in [-0.39, 0.29) is 5.56 Å². The van der Waals surface area contributed by atoms with Crippen LogP contribution in [0, 0.1) is 0 Å². The minimum atomic E-state index is -0.639. The van der Waals surface area contributed by atoms with Crippen LogP contribution < -0.4 is 5.32 Å². The van der Waals surface area contributed by atoms with E-state index in [0.29, 0.717) is 28.3 Å². The Bertz CT molecular complexity index is 980. The first-order valence-corrected chi connectivity index (χ1v) is 9.44. The molecule has 0 aliphatic carbocycles. The summed E-state index contributed by atoms with van der Waals surface area (Å²) >= 11 is 5.93. The zero-order chi connectivity index (χ0) is 20.1. The van der Waals surface area contributed by atoms with Gasteiger partial charge in [-0.15, -0.1) is 0 Å². The maximum absolute atomic E-state index is 12.1. The number of Topliss-reactive ketones (excluding diaryl/α,β-unsaturated/α-hetero) is 1. The molecule has 0 bridgehead atoms. The molecule has 0 spiro atoms. The minimum Gasteiger partial charge on any atom is -0.435 e. The van der Waals surface area contributed by atoms with Crippen LogP contribution in [0.1, 0.15) is 23.2 Å². The van der Waals surface area contributed by atoms with Gasteiger partial charge in [-0.2, -0.15) is 0 Å². The van der Waals surface area contributed by atoms with Crippen molar-refractivity contribution >= 4 is 40.5 Å². The molecular weight excluding hydrogens is 378 g/mol. The molecule has 0 saturated heterocycles. The summed E-state index contributed by atoms with van der Waals surface area (Å²) in [5, 5.41) is 3.91. The molecule has 0 unspecified atom stereocenters. The fourth-order valence-corrected chi connectivity index (χ4v) is 3.01. The van der Waals surface area contributed by atoms with Crippen LogP contribution in [0.5, 0.6) is 0 Å². The molecule has 2 aromatic carbocycles. The zero-order valence-electron chi connectivity index (χ0n) is 15.9. The van der Waals surface area contributed by atoms with Crippen molar-refractivity contribution in [2.24, 2.45) is 0 Å². The van der Waals surface area contributed by atoms with Gasteiger partial charge in [-0.25, -0.2) is 4.98 Å². The highest BCUT2D eigenvalue weighted by atomic mass is 35.5. The Morgan fingerprint density at radius 3 is 2.64 bits per heavy atom. The SMILES string of the molecule is CN(C)CCCCNc1cc(C(=O)C=O)c2oc(-c3ccc(Cl)cc3)nc2c1. The fourth-order valence-electron chi connectivity index (χ4n) is 2.88. The van der Waals surface area contributed by atoms with Gasteiger partial charge in [0.25, 0.3) is 0 Å². The van der Waals surface area contributed by atoms with E-state index in [2.05, 4.69) is 15.2 Å². The van der Waals surface area contributed by atoms with Gasteiger partial charge in [0, 0.05) is 22.8 Å². The molecule has 0 aliphatic heterocycles. The number of oxazole rings is 1. The fraction of sp³-hybridized carbons (Fsp3) is 0.286. The Morgan fingerprint density at radius 1 is 1.21 bits per heavy atom. The summed E-state index contributed by atoms with van der Waals surface area (Å²) in [7, 11) is 4.09. The summed E-state index contributed by atoms with van der Waals surface area (Å²) in [6.45, 7) is 1.78. The van der Waals surface area contributed by atoms with Crippen molar-refractivity contribution in [1.82, 2.24) is 9.88 Å². The lowest BCUT2D eigenvalue weighted by molar-refractivity contribution is -0.104. The molecule has 1 heterocycles. The monoisotopic (exact) mass is 399 g/mol. The number of carbonyl (C=O) groups is 2. The molecule has 146 valence electrons. The van der Waals surface area contributed by atoms with E-state index in [0.717, 1.165) is 37.2 Å². The number of aldehydes is 1. The van der Waals surface area contributed by atoms with E-state index in [1.165, 1.54) is 0 Å². The van der Waals surface area contributed by atoms with Crippen LogP contribution in [-0.4, -0.2) is 49.1 Å². The molecule has 0 radical (unpaired) electrons. The summed E-state index contributed by atoms with van der Waals surface area (Å²) in [6, 6.07) is 10.5. The van der Waals surface area contributed by atoms with Crippen molar-refractivity contribution in [3.63, 3.8) is 0 Å². The van der Waals surface area contributed by atoms with E-state index in [1.807, 2.05) is 20.2 Å². The van der Waals surface area contributed by atoms with Crippen molar-refractivity contribution in [1.29, 1.82) is 0 Å². The van der Waals surface area contributed by atoms with E-state index >= 15 is 0 Å². The summed E-state index contributed by atoms with van der Waals surface area (Å²) in [5.74, 6) is -0.269. The van der Waals surface area contributed by atoms with E-state index in [9.17, 15) is 9.59 Å². The van der Waals surface area contributed by atoms with Gasteiger partial charge in [0.1, 0.15) is 5.52 Å². The van der Waals surface area contributed by atoms with Crippen LogP contribution in [0.3, 0.4) is 0 Å². The van der Waals surface area contributed by atoms with Crippen LogP contribution in [0.25, 0.3) is 22.6 Å². The van der Waals surface area contributed by atoms with Crippen LogP contribution >= 0.6 is 11.6 Å². The average Bonchev–Trinajstić information content (AvgIpc) is 3.10. The number of halogens is 1. The number of unbranched alkanes of at least 4 members (excludes halogenated alkanes) is 1. The number of hydrogen-bond donors (Lipinski definition) is 1. The Balaban J connectivity index is 1.88. The Kier molecular flexibility index (Phi) is 6.44. The predicted molar refractivity (Wildman–Crippen MR) is 111 cm³/mol. The third-order valence-corrected chi connectivity index (χ3v) is 4.57. The lowest BCUT2D eigenvalue weighted by Gasteiger charge is -2.10. The molecule has 0 amide bonds. The van der Waals surface area contributed by atoms with Crippen LogP contribution in [0.2, 0.25) is 5.02 Å². The maximum Gasteiger partial charge on any atom is 0.229 e. The molecule has 3 rings (SSSR count). The zero-order valence-corrected chi connectivity index (χ0v) is 16.6. The van der Waals surface area contributed by atoms with Gasteiger partial charge in [-0.05, 0) is 69.9 Å². The number of hydrogen-bond acceptors (Lipinski definition) is 6. The molecule has 0 aliphatic rings. The summed E-state index contributed by atoms with van der Waals surface area (Å²) < 4.78 is 5.81. The molecule has 28 heavy (non-hydrogen) atoms. The van der Waals surface area contributed by atoms with Gasteiger partial charge in [0.2, 0.25) is 11.7 Å². The molecule has 0 atom stereocenters. The minimum absolute atomic E-state index is 0.205. The van der Waals surface area contributed by atoms with Crippen LogP contribution in [0.4, 0.5) is 5.69 Å². The Labute approximate surface area is 168 Å². The second-order valence-electron chi connectivity index (χ2n) is 6.82. The van der Waals surface area contributed by atoms with Gasteiger partial charge in [-0.1, -0.05) is 11.6 Å². The standard InChI is InChI=1S/C21H22ClN3O3/c1-25(2)10-4-3-9-23-16-11-17(19(27)13-26)20-18(12-16)24-21(28-20)14-5-7-15(22)8-6-14/h5-8,11-13,23H,3-4,9-10H2,1-2H3. The summed E-state index contributed by atoms with van der Waals surface area (Å²) in [5.41, 5.74) is 2.51. The quantitative estimate of drug-likeness (QED) is 0.250. The number of anilines is 1. The number of aromatic nitrogens is 1. The second kappa shape index (κ2) is 8.99.